The molecule has 1 N–H and O–H groups in total. The Hall–Kier alpha value is -3.97. The fourth-order valence-electron chi connectivity index (χ4n) is 4.27. The maximum Gasteiger partial charge on any atom is 0.277 e. The number of nitrogens with one attached hydrogen (secondary N) is 1. The summed E-state index contributed by atoms with van der Waals surface area (Å²) in [6, 6.07) is 21.7. The van der Waals surface area contributed by atoms with E-state index in [4.69, 9.17) is 11.6 Å². The Balaban J connectivity index is 1.42. The first-order valence-electron chi connectivity index (χ1n) is 10.6. The molecule has 1 unspecified atom stereocenters. The summed E-state index contributed by atoms with van der Waals surface area (Å²) in [7, 11) is 0. The van der Waals surface area contributed by atoms with Crippen LogP contribution in [0.1, 0.15) is 27.7 Å². The fourth-order valence-corrected chi connectivity index (χ4v) is 4.45. The van der Waals surface area contributed by atoms with Crippen LogP contribution in [0.2, 0.25) is 5.02 Å². The van der Waals surface area contributed by atoms with Crippen LogP contribution < -0.4 is 5.32 Å². The predicted molar refractivity (Wildman–Crippen MR) is 126 cm³/mol. The number of nitrogens with zero attached hydrogens (tertiary/aromatic N) is 2. The third-order valence-corrected chi connectivity index (χ3v) is 6.19. The fraction of sp³-hybridized carbons (Fsp3) is 0.115. The molecule has 4 aromatic rings. The first-order chi connectivity index (χ1) is 16.4. The molecule has 0 saturated carbocycles. The van der Waals surface area contributed by atoms with Crippen LogP contribution in [-0.2, 0) is 16.1 Å². The summed E-state index contributed by atoms with van der Waals surface area (Å²) in [5.74, 6) is -2.28. The minimum atomic E-state index is -0.853. The van der Waals surface area contributed by atoms with E-state index in [2.05, 4.69) is 5.32 Å². The molecule has 3 aromatic carbocycles. The zero-order valence-electron chi connectivity index (χ0n) is 17.9. The van der Waals surface area contributed by atoms with E-state index >= 15 is 0 Å². The quantitative estimate of drug-likeness (QED) is 0.437. The Bertz CT molecular complexity index is 1430. The number of rotatable bonds is 5. The van der Waals surface area contributed by atoms with Crippen LogP contribution >= 0.6 is 11.6 Å². The zero-order chi connectivity index (χ0) is 23.8. The van der Waals surface area contributed by atoms with E-state index in [0.29, 0.717) is 11.3 Å². The van der Waals surface area contributed by atoms with Crippen molar-refractivity contribution in [2.45, 2.75) is 12.6 Å². The molecule has 8 heteroatoms. The smallest absolute Gasteiger partial charge is 0.277 e. The number of amides is 3. The molecule has 0 fully saturated rings. The minimum absolute atomic E-state index is 0.0487. The van der Waals surface area contributed by atoms with Gasteiger partial charge in [-0.15, -0.1) is 0 Å². The predicted octanol–water partition coefficient (Wildman–Crippen LogP) is 4.32. The van der Waals surface area contributed by atoms with Crippen LogP contribution in [-0.4, -0.2) is 33.7 Å². The van der Waals surface area contributed by atoms with Crippen molar-refractivity contribution < 1.29 is 18.8 Å². The van der Waals surface area contributed by atoms with E-state index in [9.17, 15) is 18.8 Å². The van der Waals surface area contributed by atoms with Gasteiger partial charge in [0.25, 0.3) is 5.91 Å². The maximum atomic E-state index is 14.8. The molecular weight excluding hydrogens is 457 g/mol. The number of hydrogen-bond donors (Lipinski definition) is 1. The van der Waals surface area contributed by atoms with Crippen LogP contribution in [0, 0.1) is 5.82 Å². The third kappa shape index (κ3) is 3.84. The van der Waals surface area contributed by atoms with Gasteiger partial charge in [-0.3, -0.25) is 19.3 Å². The zero-order valence-corrected chi connectivity index (χ0v) is 18.6. The van der Waals surface area contributed by atoms with Crippen molar-refractivity contribution in [2.24, 2.45) is 0 Å². The molecule has 34 heavy (non-hydrogen) atoms. The van der Waals surface area contributed by atoms with Gasteiger partial charge in [-0.2, -0.15) is 0 Å². The summed E-state index contributed by atoms with van der Waals surface area (Å²) in [5.41, 5.74) is 1.94. The molecule has 1 atom stereocenters. The van der Waals surface area contributed by atoms with Crippen molar-refractivity contribution in [1.29, 1.82) is 0 Å². The summed E-state index contributed by atoms with van der Waals surface area (Å²) < 4.78 is 16.5. The van der Waals surface area contributed by atoms with Gasteiger partial charge in [0.15, 0.2) is 0 Å². The maximum absolute atomic E-state index is 14.8. The van der Waals surface area contributed by atoms with Crippen molar-refractivity contribution in [3.05, 3.63) is 107 Å². The standard InChI is InChI=1S/C26H19ClFN3O3/c27-19-11-6-10-18(24(19)28)25(16-7-2-1-3-8-16)29-22(32)14-31-23(33)15-30-20-12-5-4-9-17(20)13-21(30)26(31)34/h1-13,25H,14-15H2,(H,29,32). The summed E-state index contributed by atoms with van der Waals surface area (Å²) in [6.45, 7) is -0.530. The van der Waals surface area contributed by atoms with Crippen molar-refractivity contribution in [2.75, 3.05) is 6.54 Å². The molecule has 0 aliphatic carbocycles. The number of imide groups is 1. The Kier molecular flexibility index (Phi) is 5.63. The van der Waals surface area contributed by atoms with Crippen LogP contribution in [0.25, 0.3) is 10.9 Å². The average molecular weight is 476 g/mol. The lowest BCUT2D eigenvalue weighted by atomic mass is 9.98. The van der Waals surface area contributed by atoms with Gasteiger partial charge in [-0.1, -0.05) is 72.3 Å². The second-order valence-electron chi connectivity index (χ2n) is 8.01. The molecule has 1 aliphatic rings. The molecule has 0 radical (unpaired) electrons. The Morgan fingerprint density at radius 2 is 1.74 bits per heavy atom. The Morgan fingerprint density at radius 1 is 1.00 bits per heavy atom. The molecule has 0 saturated heterocycles. The largest absolute Gasteiger partial charge is 0.344 e. The van der Waals surface area contributed by atoms with Gasteiger partial charge >= 0.3 is 0 Å². The van der Waals surface area contributed by atoms with Crippen molar-refractivity contribution in [3.63, 3.8) is 0 Å². The van der Waals surface area contributed by atoms with E-state index < -0.39 is 36.1 Å². The van der Waals surface area contributed by atoms with Crippen LogP contribution in [0.4, 0.5) is 4.39 Å². The third-order valence-electron chi connectivity index (χ3n) is 5.90. The number of hydrogen-bond acceptors (Lipinski definition) is 3. The Morgan fingerprint density at radius 3 is 2.53 bits per heavy atom. The number of aromatic nitrogens is 1. The topological polar surface area (TPSA) is 71.4 Å². The normalized spacial score (nSPS) is 14.2. The molecule has 1 aliphatic heterocycles. The first kappa shape index (κ1) is 21.9. The second-order valence-corrected chi connectivity index (χ2v) is 8.42. The van der Waals surface area contributed by atoms with Gasteiger partial charge in [-0.05, 0) is 23.8 Å². The molecule has 1 aromatic heterocycles. The average Bonchev–Trinajstić information content (AvgIpc) is 3.21. The lowest BCUT2D eigenvalue weighted by molar-refractivity contribution is -0.134. The first-order valence-corrected chi connectivity index (χ1v) is 11.0. The van der Waals surface area contributed by atoms with Crippen LogP contribution in [0.5, 0.6) is 0 Å². The highest BCUT2D eigenvalue weighted by Crippen LogP contribution is 2.29. The Labute approximate surface area is 199 Å². The molecule has 6 nitrogen and oxygen atoms in total. The van der Waals surface area contributed by atoms with E-state index in [1.165, 1.54) is 12.1 Å². The van der Waals surface area contributed by atoms with Gasteiger partial charge in [0.05, 0.1) is 11.1 Å². The highest BCUT2D eigenvalue weighted by Gasteiger charge is 2.34. The molecule has 3 amide bonds. The summed E-state index contributed by atoms with van der Waals surface area (Å²) in [6.07, 6.45) is 0. The molecular formula is C26H19ClFN3O3. The summed E-state index contributed by atoms with van der Waals surface area (Å²) in [5, 5.41) is 3.54. The van der Waals surface area contributed by atoms with Gasteiger partial charge < -0.3 is 9.88 Å². The number of halogens is 2. The van der Waals surface area contributed by atoms with E-state index in [-0.39, 0.29) is 17.1 Å². The van der Waals surface area contributed by atoms with E-state index in [1.807, 2.05) is 24.3 Å². The van der Waals surface area contributed by atoms with Crippen molar-refractivity contribution in [1.82, 2.24) is 14.8 Å². The minimum Gasteiger partial charge on any atom is -0.344 e. The van der Waals surface area contributed by atoms with Gasteiger partial charge in [-0.25, -0.2) is 4.39 Å². The van der Waals surface area contributed by atoms with Crippen LogP contribution in [0.3, 0.4) is 0 Å². The summed E-state index contributed by atoms with van der Waals surface area (Å²) >= 11 is 5.97. The number of fused-ring (bicyclic) bond motifs is 3. The van der Waals surface area contributed by atoms with Crippen molar-refractivity contribution in [3.8, 4) is 0 Å². The van der Waals surface area contributed by atoms with E-state index in [1.54, 1.807) is 47.0 Å². The lowest BCUT2D eigenvalue weighted by Crippen LogP contribution is -2.49. The molecule has 0 spiro atoms. The monoisotopic (exact) mass is 475 g/mol. The molecule has 5 rings (SSSR count). The second kappa shape index (κ2) is 8.76. The molecule has 0 bridgehead atoms. The SMILES string of the molecule is O=C(CN1C(=O)Cn2c(cc3ccccc32)C1=O)NC(c1ccccc1)c1cccc(Cl)c1F. The summed E-state index contributed by atoms with van der Waals surface area (Å²) in [4.78, 5) is 39.8. The lowest BCUT2D eigenvalue weighted by Gasteiger charge is -2.27. The molecule has 2 heterocycles. The number of para-hydroxylation sites is 1. The van der Waals surface area contributed by atoms with Crippen molar-refractivity contribution >= 4 is 40.2 Å². The van der Waals surface area contributed by atoms with Gasteiger partial charge in [0, 0.05) is 16.5 Å². The van der Waals surface area contributed by atoms with Gasteiger partial charge in [0.2, 0.25) is 11.8 Å². The van der Waals surface area contributed by atoms with Crippen LogP contribution in [0.15, 0.2) is 78.9 Å². The van der Waals surface area contributed by atoms with Gasteiger partial charge in [0.1, 0.15) is 24.6 Å². The number of benzene rings is 3. The highest BCUT2D eigenvalue weighted by atomic mass is 35.5. The molecule has 170 valence electrons. The highest BCUT2D eigenvalue weighted by molar-refractivity contribution is 6.30. The number of carbonyl (C=O) groups is 3. The van der Waals surface area contributed by atoms with E-state index in [0.717, 1.165) is 15.8 Å². The number of carbonyl (C=O) groups excluding carboxylic acids is 3.